The van der Waals surface area contributed by atoms with E-state index in [2.05, 4.69) is 5.32 Å². The summed E-state index contributed by atoms with van der Waals surface area (Å²) in [6.45, 7) is 1.98. The first kappa shape index (κ1) is 9.46. The van der Waals surface area contributed by atoms with E-state index in [1.165, 1.54) is 18.9 Å². The second kappa shape index (κ2) is 3.58. The maximum atomic E-state index is 12.7. The Kier molecular flexibility index (Phi) is 2.42. The predicted octanol–water partition coefficient (Wildman–Crippen LogP) is 2.34. The van der Waals surface area contributed by atoms with Crippen LogP contribution in [0, 0.1) is 5.82 Å². The summed E-state index contributed by atoms with van der Waals surface area (Å²) in [5.74, 6) is -0.365. The van der Waals surface area contributed by atoms with Crippen LogP contribution >= 0.6 is 0 Å². The van der Waals surface area contributed by atoms with E-state index < -0.39 is 5.82 Å². The van der Waals surface area contributed by atoms with Gasteiger partial charge >= 0.3 is 0 Å². The number of hydrogen-bond donors (Lipinski definition) is 2. The molecule has 2 rings (SSSR count). The minimum Gasteiger partial charge on any atom is -0.508 e. The lowest BCUT2D eigenvalue weighted by atomic mass is 10.1. The lowest BCUT2D eigenvalue weighted by molar-refractivity contribution is 0.446. The number of hydrogen-bond acceptors (Lipinski definition) is 2. The summed E-state index contributed by atoms with van der Waals surface area (Å²) in [5.41, 5.74) is 0.762. The van der Waals surface area contributed by atoms with E-state index in [4.69, 9.17) is 0 Å². The predicted molar refractivity (Wildman–Crippen MR) is 52.6 cm³/mol. The van der Waals surface area contributed by atoms with Crippen molar-refractivity contribution in [3.63, 3.8) is 0 Å². The van der Waals surface area contributed by atoms with Crippen molar-refractivity contribution in [3.05, 3.63) is 29.6 Å². The maximum absolute atomic E-state index is 12.7. The third-order valence-electron chi connectivity index (χ3n) is 2.52. The van der Waals surface area contributed by atoms with Crippen LogP contribution in [0.5, 0.6) is 5.75 Å². The van der Waals surface area contributed by atoms with Crippen LogP contribution < -0.4 is 5.32 Å². The van der Waals surface area contributed by atoms with Crippen molar-refractivity contribution in [2.75, 3.05) is 0 Å². The molecule has 0 heterocycles. The molecule has 1 aliphatic carbocycles. The van der Waals surface area contributed by atoms with Gasteiger partial charge in [0.1, 0.15) is 11.6 Å². The van der Waals surface area contributed by atoms with Crippen LogP contribution in [0.25, 0.3) is 0 Å². The molecule has 14 heavy (non-hydrogen) atoms. The van der Waals surface area contributed by atoms with E-state index in [0.29, 0.717) is 6.04 Å². The highest BCUT2D eigenvalue weighted by atomic mass is 19.1. The van der Waals surface area contributed by atoms with Gasteiger partial charge in [0.15, 0.2) is 0 Å². The van der Waals surface area contributed by atoms with E-state index in [9.17, 15) is 9.50 Å². The molecular formula is C11H14FNO. The molecule has 2 nitrogen and oxygen atoms in total. The Morgan fingerprint density at radius 1 is 1.50 bits per heavy atom. The highest BCUT2D eigenvalue weighted by molar-refractivity contribution is 5.35. The quantitative estimate of drug-likeness (QED) is 0.776. The van der Waals surface area contributed by atoms with Crippen LogP contribution in [0.2, 0.25) is 0 Å². The van der Waals surface area contributed by atoms with Gasteiger partial charge in [0.05, 0.1) is 0 Å². The van der Waals surface area contributed by atoms with E-state index in [1.54, 1.807) is 6.07 Å². The van der Waals surface area contributed by atoms with Crippen LogP contribution in [0.15, 0.2) is 18.2 Å². The highest BCUT2D eigenvalue weighted by Gasteiger charge is 2.24. The molecule has 0 bridgehead atoms. The molecular weight excluding hydrogens is 181 g/mol. The van der Waals surface area contributed by atoms with Gasteiger partial charge in [-0.05, 0) is 25.8 Å². The molecule has 1 aromatic rings. The number of phenolic OH excluding ortho intramolecular Hbond substituents is 1. The second-order valence-corrected chi connectivity index (χ2v) is 3.87. The Labute approximate surface area is 82.8 Å². The van der Waals surface area contributed by atoms with Gasteiger partial charge in [0.2, 0.25) is 0 Å². The summed E-state index contributed by atoms with van der Waals surface area (Å²) in [6.07, 6.45) is 2.40. The highest BCUT2D eigenvalue weighted by Crippen LogP contribution is 2.28. The molecule has 0 radical (unpaired) electrons. The molecule has 1 saturated carbocycles. The topological polar surface area (TPSA) is 32.3 Å². The molecule has 3 heteroatoms. The number of aromatic hydroxyl groups is 1. The zero-order valence-corrected chi connectivity index (χ0v) is 8.13. The molecule has 76 valence electrons. The normalized spacial score (nSPS) is 18.1. The molecule has 0 spiro atoms. The van der Waals surface area contributed by atoms with Gasteiger partial charge in [0, 0.05) is 23.7 Å². The van der Waals surface area contributed by atoms with Gasteiger partial charge < -0.3 is 10.4 Å². The fraction of sp³-hybridized carbons (Fsp3) is 0.455. The van der Waals surface area contributed by atoms with E-state index in [0.717, 1.165) is 11.6 Å². The number of rotatable bonds is 3. The summed E-state index contributed by atoms with van der Waals surface area (Å²) in [4.78, 5) is 0. The first-order chi connectivity index (χ1) is 6.66. The third kappa shape index (κ3) is 2.04. The number of phenols is 1. The fourth-order valence-electron chi connectivity index (χ4n) is 1.58. The van der Waals surface area contributed by atoms with Crippen LogP contribution in [-0.4, -0.2) is 11.1 Å². The standard InChI is InChI=1S/C11H14FNO/c1-7(13-9-3-4-9)10-5-2-8(12)6-11(10)14/h2,5-7,9,13-14H,3-4H2,1H3/t7-/m0/s1. The van der Waals surface area contributed by atoms with Crippen LogP contribution in [0.1, 0.15) is 31.4 Å². The SMILES string of the molecule is C[C@H](NC1CC1)c1ccc(F)cc1O. The Morgan fingerprint density at radius 2 is 2.21 bits per heavy atom. The smallest absolute Gasteiger partial charge is 0.126 e. The van der Waals surface area contributed by atoms with Gasteiger partial charge in [0.25, 0.3) is 0 Å². The zero-order chi connectivity index (χ0) is 10.1. The van der Waals surface area contributed by atoms with E-state index in [-0.39, 0.29) is 11.8 Å². The number of benzene rings is 1. The average Bonchev–Trinajstić information content (AvgIpc) is 2.87. The Bertz CT molecular complexity index is 336. The fourth-order valence-corrected chi connectivity index (χ4v) is 1.58. The Morgan fingerprint density at radius 3 is 2.79 bits per heavy atom. The van der Waals surface area contributed by atoms with Gasteiger partial charge in [-0.2, -0.15) is 0 Å². The summed E-state index contributed by atoms with van der Waals surface area (Å²) in [7, 11) is 0. The van der Waals surface area contributed by atoms with Gasteiger partial charge in [-0.1, -0.05) is 6.07 Å². The Balaban J connectivity index is 2.13. The number of halogens is 1. The average molecular weight is 195 g/mol. The summed E-state index contributed by atoms with van der Waals surface area (Å²) >= 11 is 0. The monoisotopic (exact) mass is 195 g/mol. The van der Waals surface area contributed by atoms with Crippen molar-refractivity contribution in [3.8, 4) is 5.75 Å². The largest absolute Gasteiger partial charge is 0.508 e. The molecule has 1 aliphatic rings. The molecule has 0 unspecified atom stereocenters. The molecule has 1 aromatic carbocycles. The van der Waals surface area contributed by atoms with Crippen LogP contribution in [0.4, 0.5) is 4.39 Å². The molecule has 0 saturated heterocycles. The Hall–Kier alpha value is -1.09. The lowest BCUT2D eigenvalue weighted by Gasteiger charge is -2.14. The van der Waals surface area contributed by atoms with E-state index in [1.807, 2.05) is 6.92 Å². The van der Waals surface area contributed by atoms with Crippen molar-refractivity contribution in [2.24, 2.45) is 0 Å². The van der Waals surface area contributed by atoms with Crippen molar-refractivity contribution in [2.45, 2.75) is 31.8 Å². The van der Waals surface area contributed by atoms with Crippen molar-refractivity contribution in [1.82, 2.24) is 5.32 Å². The summed E-state index contributed by atoms with van der Waals surface area (Å²) in [6, 6.07) is 4.82. The van der Waals surface area contributed by atoms with Gasteiger partial charge in [-0.25, -0.2) is 4.39 Å². The van der Waals surface area contributed by atoms with Gasteiger partial charge in [-0.15, -0.1) is 0 Å². The maximum Gasteiger partial charge on any atom is 0.126 e. The van der Waals surface area contributed by atoms with Crippen LogP contribution in [0.3, 0.4) is 0 Å². The molecule has 0 aliphatic heterocycles. The first-order valence-electron chi connectivity index (χ1n) is 4.91. The minimum atomic E-state index is -0.398. The summed E-state index contributed by atoms with van der Waals surface area (Å²) < 4.78 is 12.7. The van der Waals surface area contributed by atoms with Crippen molar-refractivity contribution < 1.29 is 9.50 Å². The third-order valence-corrected chi connectivity index (χ3v) is 2.52. The number of nitrogens with one attached hydrogen (secondary N) is 1. The molecule has 1 atom stereocenters. The molecule has 2 N–H and O–H groups in total. The first-order valence-corrected chi connectivity index (χ1v) is 4.91. The lowest BCUT2D eigenvalue weighted by Crippen LogP contribution is -2.20. The summed E-state index contributed by atoms with van der Waals surface area (Å²) in [5, 5.41) is 12.9. The van der Waals surface area contributed by atoms with Crippen LogP contribution in [-0.2, 0) is 0 Å². The molecule has 1 fully saturated rings. The van der Waals surface area contributed by atoms with Crippen molar-refractivity contribution in [1.29, 1.82) is 0 Å². The van der Waals surface area contributed by atoms with Crippen molar-refractivity contribution >= 4 is 0 Å². The van der Waals surface area contributed by atoms with E-state index >= 15 is 0 Å². The zero-order valence-electron chi connectivity index (χ0n) is 8.13. The van der Waals surface area contributed by atoms with Gasteiger partial charge in [-0.3, -0.25) is 0 Å². The molecule has 0 aromatic heterocycles. The minimum absolute atomic E-state index is 0.0330. The second-order valence-electron chi connectivity index (χ2n) is 3.87. The molecule has 0 amide bonds.